The topological polar surface area (TPSA) is 86.8 Å². The molecule has 0 spiro atoms. The van der Waals surface area contributed by atoms with E-state index in [0.29, 0.717) is 28.9 Å². The maximum atomic E-state index is 14.1. The Morgan fingerprint density at radius 1 is 0.909 bits per heavy atom. The lowest BCUT2D eigenvalue weighted by atomic mass is 10.1. The maximum absolute atomic E-state index is 14.1. The Kier molecular flexibility index (Phi) is 12.4. The summed E-state index contributed by atoms with van der Waals surface area (Å²) in [6.07, 6.45) is -3.22. The second-order valence-corrected chi connectivity index (χ2v) is 12.9. The Morgan fingerprint density at radius 2 is 1.57 bits per heavy atom. The minimum absolute atomic E-state index is 0.162. The smallest absolute Gasteiger partial charge is 0.354 e. The summed E-state index contributed by atoms with van der Waals surface area (Å²) in [6, 6.07) is 13.2. The highest BCUT2D eigenvalue weighted by molar-refractivity contribution is 7.92. The Hall–Kier alpha value is -2.99. The zero-order valence-electron chi connectivity index (χ0n) is 23.9. The number of alkyl halides is 3. The maximum Gasteiger partial charge on any atom is 0.417 e. The van der Waals surface area contributed by atoms with E-state index in [0.717, 1.165) is 18.6 Å². The number of amides is 2. The van der Waals surface area contributed by atoms with Gasteiger partial charge in [0.1, 0.15) is 12.6 Å². The van der Waals surface area contributed by atoms with E-state index >= 15 is 0 Å². The Balaban J connectivity index is 2.13. The molecule has 0 aliphatic heterocycles. The van der Waals surface area contributed by atoms with Gasteiger partial charge in [0.2, 0.25) is 11.8 Å². The van der Waals surface area contributed by atoms with Crippen molar-refractivity contribution in [2.24, 2.45) is 0 Å². The third-order valence-electron chi connectivity index (χ3n) is 6.71. The molecule has 0 saturated carbocycles. The molecular weight excluding hydrogens is 662 g/mol. The first-order valence-electron chi connectivity index (χ1n) is 13.7. The van der Waals surface area contributed by atoms with Crippen LogP contribution < -0.4 is 9.62 Å². The molecule has 0 aliphatic rings. The van der Waals surface area contributed by atoms with Crippen LogP contribution in [0.4, 0.5) is 18.9 Å². The minimum Gasteiger partial charge on any atom is -0.354 e. The summed E-state index contributed by atoms with van der Waals surface area (Å²) in [5, 5.41) is 2.62. The van der Waals surface area contributed by atoms with Gasteiger partial charge in [-0.1, -0.05) is 79.3 Å². The van der Waals surface area contributed by atoms with Crippen LogP contribution in [0.25, 0.3) is 0 Å². The van der Waals surface area contributed by atoms with Crippen molar-refractivity contribution in [2.75, 3.05) is 17.4 Å². The monoisotopic (exact) mass is 691 g/mol. The predicted octanol–water partition coefficient (Wildman–Crippen LogP) is 7.58. The van der Waals surface area contributed by atoms with Crippen LogP contribution in [0, 0.1) is 0 Å². The molecule has 238 valence electrons. The molecule has 1 N–H and O–H groups in total. The molecule has 0 fully saturated rings. The summed E-state index contributed by atoms with van der Waals surface area (Å²) in [7, 11) is -4.58. The zero-order chi connectivity index (χ0) is 32.7. The van der Waals surface area contributed by atoms with Gasteiger partial charge in [-0.25, -0.2) is 8.42 Å². The number of benzene rings is 3. The molecule has 0 unspecified atom stereocenters. The normalized spacial score (nSPS) is 12.5. The molecule has 1 atom stereocenters. The first kappa shape index (κ1) is 35.5. The van der Waals surface area contributed by atoms with Crippen molar-refractivity contribution in [3.63, 3.8) is 0 Å². The second-order valence-electron chi connectivity index (χ2n) is 9.83. The number of halogens is 6. The van der Waals surface area contributed by atoms with E-state index in [-0.39, 0.29) is 27.9 Å². The highest BCUT2D eigenvalue weighted by Crippen LogP contribution is 2.38. The molecule has 3 aromatic carbocycles. The number of carbonyl (C=O) groups is 2. The quantitative estimate of drug-likeness (QED) is 0.187. The Bertz CT molecular complexity index is 1570. The number of nitrogens with one attached hydrogen (secondary N) is 1. The fourth-order valence-corrected chi connectivity index (χ4v) is 6.37. The van der Waals surface area contributed by atoms with Gasteiger partial charge in [0, 0.05) is 13.1 Å². The fraction of sp³-hybridized carbons (Fsp3) is 0.333. The van der Waals surface area contributed by atoms with E-state index in [1.165, 1.54) is 41.3 Å². The van der Waals surface area contributed by atoms with Gasteiger partial charge in [-0.3, -0.25) is 13.9 Å². The highest BCUT2D eigenvalue weighted by atomic mass is 35.5. The molecule has 7 nitrogen and oxygen atoms in total. The fourth-order valence-electron chi connectivity index (χ4n) is 4.39. The molecule has 0 radical (unpaired) electrons. The molecular formula is C30H31Cl3F3N3O4S. The molecule has 2 amide bonds. The minimum atomic E-state index is -4.90. The molecule has 3 aromatic rings. The van der Waals surface area contributed by atoms with Crippen molar-refractivity contribution >= 4 is 62.3 Å². The average molecular weight is 693 g/mol. The molecule has 3 rings (SSSR count). The summed E-state index contributed by atoms with van der Waals surface area (Å²) in [4.78, 5) is 28.3. The van der Waals surface area contributed by atoms with Gasteiger partial charge >= 0.3 is 6.18 Å². The van der Waals surface area contributed by atoms with Crippen LogP contribution in [0.15, 0.2) is 71.6 Å². The molecule has 0 aliphatic carbocycles. The third-order valence-corrected chi connectivity index (χ3v) is 9.56. The van der Waals surface area contributed by atoms with Crippen molar-refractivity contribution in [3.8, 4) is 0 Å². The van der Waals surface area contributed by atoms with E-state index in [1.54, 1.807) is 19.1 Å². The number of anilines is 1. The SMILES string of the molecule is CCCCNC(=O)[C@H](CC)N(Cc1ccc(Cl)c(Cl)c1)C(=O)CN(c1ccc(Cl)c(C(F)(F)F)c1)S(=O)(=O)c1ccccc1. The van der Waals surface area contributed by atoms with Crippen molar-refractivity contribution in [3.05, 3.63) is 92.9 Å². The Labute approximate surface area is 269 Å². The summed E-state index contributed by atoms with van der Waals surface area (Å²) >= 11 is 18.0. The molecule has 14 heteroatoms. The molecule has 0 aromatic heterocycles. The molecule has 0 bridgehead atoms. The lowest BCUT2D eigenvalue weighted by molar-refractivity contribution is -0.140. The molecule has 44 heavy (non-hydrogen) atoms. The van der Waals surface area contributed by atoms with Gasteiger partial charge in [-0.2, -0.15) is 13.2 Å². The largest absolute Gasteiger partial charge is 0.417 e. The van der Waals surface area contributed by atoms with Crippen LogP contribution >= 0.6 is 34.8 Å². The summed E-state index contributed by atoms with van der Waals surface area (Å²) in [5.41, 5.74) is -1.21. The second kappa shape index (κ2) is 15.3. The first-order chi connectivity index (χ1) is 20.7. The summed E-state index contributed by atoms with van der Waals surface area (Å²) < 4.78 is 69.6. The van der Waals surface area contributed by atoms with Crippen LogP contribution in [0.3, 0.4) is 0 Å². The van der Waals surface area contributed by atoms with Gasteiger partial charge in [0.15, 0.2) is 0 Å². The number of nitrogens with zero attached hydrogens (tertiary/aromatic N) is 2. The zero-order valence-corrected chi connectivity index (χ0v) is 27.0. The van der Waals surface area contributed by atoms with E-state index in [1.807, 2.05) is 6.92 Å². The van der Waals surface area contributed by atoms with Crippen molar-refractivity contribution in [1.82, 2.24) is 10.2 Å². The highest BCUT2D eigenvalue weighted by Gasteiger charge is 2.37. The number of hydrogen-bond acceptors (Lipinski definition) is 4. The third kappa shape index (κ3) is 8.80. The van der Waals surface area contributed by atoms with Gasteiger partial charge < -0.3 is 10.2 Å². The Morgan fingerprint density at radius 3 is 2.16 bits per heavy atom. The number of sulfonamides is 1. The van der Waals surface area contributed by atoms with Crippen LogP contribution in [0.5, 0.6) is 0 Å². The van der Waals surface area contributed by atoms with E-state index in [4.69, 9.17) is 34.8 Å². The van der Waals surface area contributed by atoms with E-state index in [2.05, 4.69) is 5.32 Å². The van der Waals surface area contributed by atoms with Gasteiger partial charge in [0.05, 0.1) is 31.2 Å². The van der Waals surface area contributed by atoms with Gasteiger partial charge in [0.25, 0.3) is 10.0 Å². The van der Waals surface area contributed by atoms with Crippen molar-refractivity contribution < 1.29 is 31.2 Å². The number of hydrogen-bond donors (Lipinski definition) is 1. The first-order valence-corrected chi connectivity index (χ1v) is 16.2. The number of carbonyl (C=O) groups excluding carboxylic acids is 2. The van der Waals surface area contributed by atoms with Gasteiger partial charge in [-0.15, -0.1) is 0 Å². The molecule has 0 heterocycles. The van der Waals surface area contributed by atoms with E-state index in [9.17, 15) is 31.2 Å². The lowest BCUT2D eigenvalue weighted by Gasteiger charge is -2.33. The predicted molar refractivity (Wildman–Crippen MR) is 166 cm³/mol. The number of unbranched alkanes of at least 4 members (excludes halogenated alkanes) is 1. The van der Waals surface area contributed by atoms with Crippen LogP contribution in [0.2, 0.25) is 15.1 Å². The van der Waals surface area contributed by atoms with Crippen LogP contribution in [-0.2, 0) is 32.3 Å². The summed E-state index contributed by atoms with van der Waals surface area (Å²) in [5.74, 6) is -1.30. The molecule has 0 saturated heterocycles. The van der Waals surface area contributed by atoms with Crippen LogP contribution in [0.1, 0.15) is 44.2 Å². The van der Waals surface area contributed by atoms with E-state index < -0.39 is 56.9 Å². The van der Waals surface area contributed by atoms with Crippen LogP contribution in [-0.4, -0.2) is 44.3 Å². The average Bonchev–Trinajstić information content (AvgIpc) is 2.97. The van der Waals surface area contributed by atoms with Gasteiger partial charge in [-0.05, 0) is 60.9 Å². The standard InChI is InChI=1S/C30H31Cl3F3N3O4S/c1-3-5-15-37-29(41)27(4-2)38(18-20-11-13-25(32)26(33)16-20)28(40)19-39(44(42,43)22-9-7-6-8-10-22)21-12-14-24(31)23(17-21)30(34,35)36/h6-14,16-17,27H,3-5,15,18-19H2,1-2H3,(H,37,41)/t27-/m0/s1. The summed E-state index contributed by atoms with van der Waals surface area (Å²) in [6.45, 7) is 2.91. The lowest BCUT2D eigenvalue weighted by Crippen LogP contribution is -2.52. The number of rotatable bonds is 13. The van der Waals surface area contributed by atoms with Crippen molar-refractivity contribution in [2.45, 2.75) is 56.8 Å². The van der Waals surface area contributed by atoms with Crippen molar-refractivity contribution in [1.29, 1.82) is 0 Å².